The van der Waals surface area contributed by atoms with Gasteiger partial charge in [0.1, 0.15) is 5.82 Å². The Morgan fingerprint density at radius 2 is 2.16 bits per heavy atom. The van der Waals surface area contributed by atoms with Gasteiger partial charge in [0.05, 0.1) is 11.5 Å². The van der Waals surface area contributed by atoms with Crippen molar-refractivity contribution in [3.8, 4) is 0 Å². The van der Waals surface area contributed by atoms with E-state index in [9.17, 15) is 18.0 Å². The number of nitrogens with zero attached hydrogens (tertiary/aromatic N) is 2. The predicted molar refractivity (Wildman–Crippen MR) is 67.0 cm³/mol. The molecule has 4 nitrogen and oxygen atoms in total. The molecule has 0 aliphatic rings. The molecule has 106 valence electrons. The molecule has 0 aliphatic heterocycles. The fourth-order valence-corrected chi connectivity index (χ4v) is 1.85. The van der Waals surface area contributed by atoms with Gasteiger partial charge in [-0.1, -0.05) is 6.92 Å². The fourth-order valence-electron chi connectivity index (χ4n) is 1.52. The Kier molecular flexibility index (Phi) is 4.78. The Labute approximate surface area is 116 Å². The van der Waals surface area contributed by atoms with E-state index in [2.05, 4.69) is 20.9 Å². The third-order valence-electron chi connectivity index (χ3n) is 2.47. The van der Waals surface area contributed by atoms with Crippen LogP contribution in [0.2, 0.25) is 0 Å². The van der Waals surface area contributed by atoms with Crippen molar-refractivity contribution < 1.29 is 23.1 Å². The molecule has 1 aromatic rings. The second kappa shape index (κ2) is 5.77. The highest BCUT2D eigenvalue weighted by atomic mass is 79.9. The van der Waals surface area contributed by atoms with Crippen LogP contribution in [0.3, 0.4) is 0 Å². The zero-order valence-electron chi connectivity index (χ0n) is 10.2. The number of rotatable bonds is 4. The van der Waals surface area contributed by atoms with Crippen molar-refractivity contribution >= 4 is 27.7 Å². The second-order valence-electron chi connectivity index (χ2n) is 4.14. The van der Waals surface area contributed by atoms with Crippen molar-refractivity contribution in [2.24, 2.45) is 5.92 Å². The maximum atomic E-state index is 12.9. The van der Waals surface area contributed by atoms with Crippen molar-refractivity contribution in [2.45, 2.75) is 13.1 Å². The van der Waals surface area contributed by atoms with Gasteiger partial charge in [0.25, 0.3) is 0 Å². The van der Waals surface area contributed by atoms with E-state index in [1.54, 1.807) is 0 Å². The van der Waals surface area contributed by atoms with Crippen molar-refractivity contribution in [1.29, 1.82) is 0 Å². The summed E-state index contributed by atoms with van der Waals surface area (Å²) in [6.07, 6.45) is -3.31. The first-order valence-corrected chi connectivity index (χ1v) is 6.09. The summed E-state index contributed by atoms with van der Waals surface area (Å²) in [6.45, 7) is 1.36. The number of alkyl halides is 3. The molecule has 1 rings (SSSR count). The third kappa shape index (κ3) is 4.09. The van der Waals surface area contributed by atoms with Gasteiger partial charge >= 0.3 is 12.1 Å². The summed E-state index contributed by atoms with van der Waals surface area (Å²) in [6, 6.07) is 0.921. The first-order valence-electron chi connectivity index (χ1n) is 5.29. The average Bonchev–Trinajstić information content (AvgIpc) is 2.27. The molecule has 1 unspecified atom stereocenters. The highest BCUT2D eigenvalue weighted by Crippen LogP contribution is 2.36. The molecule has 0 spiro atoms. The molecule has 0 saturated heterocycles. The number of halogens is 4. The van der Waals surface area contributed by atoms with Gasteiger partial charge in [-0.25, -0.2) is 4.98 Å². The van der Waals surface area contributed by atoms with Gasteiger partial charge in [0.15, 0.2) is 0 Å². The Balaban J connectivity index is 3.09. The summed E-state index contributed by atoms with van der Waals surface area (Å²) in [4.78, 5) is 15.6. The normalized spacial score (nSPS) is 13.2. The minimum atomic E-state index is -4.55. The molecular formula is C11H12BrF3N2O2. The number of hydrogen-bond donors (Lipinski definition) is 1. The number of aromatic nitrogens is 1. The number of anilines is 1. The smallest absolute Gasteiger partial charge is 0.419 e. The molecule has 1 aromatic heterocycles. The molecule has 0 fully saturated rings. The number of carbonyl (C=O) groups is 1. The van der Waals surface area contributed by atoms with Crippen LogP contribution < -0.4 is 4.90 Å². The van der Waals surface area contributed by atoms with Gasteiger partial charge in [-0.3, -0.25) is 4.79 Å². The molecule has 0 aromatic carbocycles. The zero-order chi connectivity index (χ0) is 14.8. The van der Waals surface area contributed by atoms with E-state index in [0.29, 0.717) is 0 Å². The lowest BCUT2D eigenvalue weighted by Crippen LogP contribution is -2.30. The van der Waals surface area contributed by atoms with Gasteiger partial charge in [0, 0.05) is 24.3 Å². The van der Waals surface area contributed by atoms with Crippen molar-refractivity contribution in [1.82, 2.24) is 4.98 Å². The molecule has 0 saturated carbocycles. The first kappa shape index (κ1) is 15.7. The zero-order valence-corrected chi connectivity index (χ0v) is 11.8. The van der Waals surface area contributed by atoms with Crippen molar-refractivity contribution in [3.63, 3.8) is 0 Å². The molecule has 1 heterocycles. The molecule has 0 bridgehead atoms. The van der Waals surface area contributed by atoms with Crippen molar-refractivity contribution in [2.75, 3.05) is 18.5 Å². The number of pyridine rings is 1. The molecule has 1 N–H and O–H groups in total. The summed E-state index contributed by atoms with van der Waals surface area (Å²) >= 11 is 2.94. The monoisotopic (exact) mass is 340 g/mol. The SMILES string of the molecule is CC(CN(C)c1ncc(Br)cc1C(F)(F)F)C(=O)O. The Morgan fingerprint density at radius 1 is 1.58 bits per heavy atom. The van der Waals surface area contributed by atoms with Crippen LogP contribution in [0.25, 0.3) is 0 Å². The maximum Gasteiger partial charge on any atom is 0.419 e. The van der Waals surface area contributed by atoms with Gasteiger partial charge in [-0.2, -0.15) is 13.2 Å². The summed E-state index contributed by atoms with van der Waals surface area (Å²) in [5, 5.41) is 8.77. The van der Waals surface area contributed by atoms with Crippen LogP contribution in [0, 0.1) is 5.92 Å². The van der Waals surface area contributed by atoms with Gasteiger partial charge in [-0.15, -0.1) is 0 Å². The topological polar surface area (TPSA) is 53.4 Å². The van der Waals surface area contributed by atoms with Crippen LogP contribution in [-0.2, 0) is 11.0 Å². The molecule has 0 radical (unpaired) electrons. The number of carboxylic acid groups (broad SMARTS) is 1. The quantitative estimate of drug-likeness (QED) is 0.915. The standard InChI is InChI=1S/C11H12BrF3N2O2/c1-6(10(18)19)5-17(2)9-8(11(13,14)15)3-7(12)4-16-9/h3-4,6H,5H2,1-2H3,(H,18,19). The lowest BCUT2D eigenvalue weighted by atomic mass is 10.1. The summed E-state index contributed by atoms with van der Waals surface area (Å²) in [5.41, 5.74) is -0.901. The maximum absolute atomic E-state index is 12.9. The highest BCUT2D eigenvalue weighted by Gasteiger charge is 2.36. The second-order valence-corrected chi connectivity index (χ2v) is 5.06. The number of carboxylic acids is 1. The molecule has 1 atom stereocenters. The van der Waals surface area contributed by atoms with Crippen LogP contribution in [0.1, 0.15) is 12.5 Å². The predicted octanol–water partition coefficient (Wildman–Crippen LogP) is 3.02. The van der Waals surface area contributed by atoms with E-state index in [1.165, 1.54) is 25.1 Å². The molecule has 8 heteroatoms. The van der Waals surface area contributed by atoms with Crippen LogP contribution in [0.15, 0.2) is 16.7 Å². The van der Waals surface area contributed by atoms with E-state index in [0.717, 1.165) is 6.07 Å². The molecule has 0 aliphatic carbocycles. The van der Waals surface area contributed by atoms with Gasteiger partial charge in [0.2, 0.25) is 0 Å². The Morgan fingerprint density at radius 3 is 2.63 bits per heavy atom. The van der Waals surface area contributed by atoms with E-state index in [1.807, 2.05) is 0 Å². The fraction of sp³-hybridized carbons (Fsp3) is 0.455. The average molecular weight is 341 g/mol. The van der Waals surface area contributed by atoms with Crippen LogP contribution >= 0.6 is 15.9 Å². The van der Waals surface area contributed by atoms with Gasteiger partial charge in [-0.05, 0) is 22.0 Å². The van der Waals surface area contributed by atoms with Crippen LogP contribution in [0.4, 0.5) is 19.0 Å². The largest absolute Gasteiger partial charge is 0.481 e. The van der Waals surface area contributed by atoms with E-state index in [-0.39, 0.29) is 16.8 Å². The molecule has 19 heavy (non-hydrogen) atoms. The lowest BCUT2D eigenvalue weighted by Gasteiger charge is -2.23. The van der Waals surface area contributed by atoms with Crippen LogP contribution in [-0.4, -0.2) is 29.7 Å². The highest BCUT2D eigenvalue weighted by molar-refractivity contribution is 9.10. The van der Waals surface area contributed by atoms with Crippen LogP contribution in [0.5, 0.6) is 0 Å². The van der Waals surface area contributed by atoms with E-state index in [4.69, 9.17) is 5.11 Å². The minimum Gasteiger partial charge on any atom is -0.481 e. The first-order chi connectivity index (χ1) is 8.62. The Bertz CT molecular complexity index is 479. The van der Waals surface area contributed by atoms with E-state index >= 15 is 0 Å². The number of aliphatic carboxylic acids is 1. The van der Waals surface area contributed by atoms with Gasteiger partial charge < -0.3 is 10.0 Å². The lowest BCUT2D eigenvalue weighted by molar-refractivity contribution is -0.140. The summed E-state index contributed by atoms with van der Waals surface area (Å²) in [7, 11) is 1.38. The molecule has 0 amide bonds. The van der Waals surface area contributed by atoms with E-state index < -0.39 is 23.6 Å². The Hall–Kier alpha value is -1.31. The summed E-state index contributed by atoms with van der Waals surface area (Å²) < 4.78 is 38.9. The summed E-state index contributed by atoms with van der Waals surface area (Å²) in [5.74, 6) is -2.15. The number of hydrogen-bond acceptors (Lipinski definition) is 3. The third-order valence-corrected chi connectivity index (χ3v) is 2.90. The van der Waals surface area contributed by atoms with Crippen molar-refractivity contribution in [3.05, 3.63) is 22.3 Å². The molecular weight excluding hydrogens is 329 g/mol. The minimum absolute atomic E-state index is 0.0625.